The van der Waals surface area contributed by atoms with E-state index in [-0.39, 0.29) is 11.9 Å². The standard InChI is InChI=1S/C30H36O4S/c1-19-15-16-21(18-20(19)2)25(33-27(31)29(3,4)5)22-12-9-10-13-23(22)26(24-14-11-17-35-24)34-28(32)30(6,7)8/h9-18,25-26H,1-8H3. The zero-order valence-corrected chi connectivity index (χ0v) is 22.8. The summed E-state index contributed by atoms with van der Waals surface area (Å²) in [6.45, 7) is 15.2. The fourth-order valence-corrected chi connectivity index (χ4v) is 4.28. The maximum Gasteiger partial charge on any atom is 0.312 e. The molecule has 0 fully saturated rings. The van der Waals surface area contributed by atoms with Crippen molar-refractivity contribution >= 4 is 23.3 Å². The van der Waals surface area contributed by atoms with Crippen LogP contribution in [0.25, 0.3) is 0 Å². The zero-order valence-electron chi connectivity index (χ0n) is 22.0. The number of rotatable bonds is 6. The Morgan fingerprint density at radius 1 is 0.714 bits per heavy atom. The van der Waals surface area contributed by atoms with Gasteiger partial charge in [-0.3, -0.25) is 9.59 Å². The second kappa shape index (κ2) is 10.4. The monoisotopic (exact) mass is 492 g/mol. The number of thiophene rings is 1. The lowest BCUT2D eigenvalue weighted by Gasteiger charge is -2.29. The molecule has 35 heavy (non-hydrogen) atoms. The SMILES string of the molecule is Cc1ccc(C(OC(=O)C(C)(C)C)c2ccccc2C(OC(=O)C(C)(C)C)c2cccs2)cc1C. The van der Waals surface area contributed by atoms with Crippen molar-refractivity contribution in [1.29, 1.82) is 0 Å². The molecule has 0 aliphatic carbocycles. The predicted octanol–water partition coefficient (Wildman–Crippen LogP) is 7.72. The van der Waals surface area contributed by atoms with Gasteiger partial charge in [0.25, 0.3) is 0 Å². The molecule has 0 N–H and O–H groups in total. The smallest absolute Gasteiger partial charge is 0.312 e. The first-order valence-electron chi connectivity index (χ1n) is 11.9. The van der Waals surface area contributed by atoms with Crippen LogP contribution in [0.5, 0.6) is 0 Å². The molecule has 2 atom stereocenters. The Morgan fingerprint density at radius 3 is 1.74 bits per heavy atom. The number of aryl methyl sites for hydroxylation is 2. The minimum atomic E-state index is -0.668. The van der Waals surface area contributed by atoms with E-state index in [0.29, 0.717) is 0 Å². The van der Waals surface area contributed by atoms with Crippen molar-refractivity contribution in [3.63, 3.8) is 0 Å². The van der Waals surface area contributed by atoms with E-state index in [1.165, 1.54) is 16.9 Å². The van der Waals surface area contributed by atoms with Crippen molar-refractivity contribution in [1.82, 2.24) is 0 Å². The largest absolute Gasteiger partial charge is 0.452 e. The molecule has 2 unspecified atom stereocenters. The maximum absolute atomic E-state index is 13.1. The highest BCUT2D eigenvalue weighted by Crippen LogP contribution is 2.39. The quantitative estimate of drug-likeness (QED) is 0.331. The molecule has 186 valence electrons. The fraction of sp³-hybridized carbons (Fsp3) is 0.400. The van der Waals surface area contributed by atoms with Gasteiger partial charge < -0.3 is 9.47 Å². The molecule has 0 radical (unpaired) electrons. The molecule has 1 heterocycles. The first kappa shape index (κ1) is 26.7. The predicted molar refractivity (Wildman–Crippen MR) is 141 cm³/mol. The van der Waals surface area contributed by atoms with E-state index in [2.05, 4.69) is 13.0 Å². The fourth-order valence-electron chi connectivity index (χ4n) is 3.51. The van der Waals surface area contributed by atoms with Gasteiger partial charge in [0.05, 0.1) is 10.8 Å². The Bertz CT molecular complexity index is 1180. The lowest BCUT2D eigenvalue weighted by molar-refractivity contribution is -0.158. The van der Waals surface area contributed by atoms with E-state index in [9.17, 15) is 9.59 Å². The third kappa shape index (κ3) is 6.40. The molecule has 0 spiro atoms. The zero-order chi connectivity index (χ0) is 26.0. The number of carbonyl (C=O) groups excluding carboxylic acids is 2. The highest BCUT2D eigenvalue weighted by Gasteiger charge is 2.34. The van der Waals surface area contributed by atoms with Crippen LogP contribution in [0.15, 0.2) is 60.0 Å². The summed E-state index contributed by atoms with van der Waals surface area (Å²) in [6, 6.07) is 17.8. The van der Waals surface area contributed by atoms with Gasteiger partial charge in [-0.05, 0) is 83.5 Å². The Balaban J connectivity index is 2.18. The second-order valence-electron chi connectivity index (χ2n) is 11.1. The molecular weight excluding hydrogens is 456 g/mol. The van der Waals surface area contributed by atoms with Crippen molar-refractivity contribution in [2.45, 2.75) is 67.6 Å². The van der Waals surface area contributed by atoms with Crippen molar-refractivity contribution < 1.29 is 19.1 Å². The van der Waals surface area contributed by atoms with Crippen LogP contribution >= 0.6 is 11.3 Å². The molecule has 0 aliphatic heterocycles. The minimum Gasteiger partial charge on any atom is -0.452 e. The molecule has 3 aromatic rings. The number of ether oxygens (including phenoxy) is 2. The van der Waals surface area contributed by atoms with E-state index < -0.39 is 23.0 Å². The number of hydrogen-bond acceptors (Lipinski definition) is 5. The van der Waals surface area contributed by atoms with Crippen LogP contribution in [-0.2, 0) is 19.1 Å². The Kier molecular flexibility index (Phi) is 7.90. The van der Waals surface area contributed by atoms with Gasteiger partial charge in [0.2, 0.25) is 0 Å². The van der Waals surface area contributed by atoms with Gasteiger partial charge in [-0.1, -0.05) is 48.5 Å². The third-order valence-corrected chi connectivity index (χ3v) is 6.79. The van der Waals surface area contributed by atoms with Gasteiger partial charge in [0, 0.05) is 16.0 Å². The average Bonchev–Trinajstić information content (AvgIpc) is 3.31. The molecule has 0 saturated heterocycles. The van der Waals surface area contributed by atoms with Gasteiger partial charge in [0.15, 0.2) is 12.2 Å². The number of benzene rings is 2. The van der Waals surface area contributed by atoms with Gasteiger partial charge in [0.1, 0.15) is 0 Å². The number of esters is 2. The van der Waals surface area contributed by atoms with Gasteiger partial charge in [-0.2, -0.15) is 0 Å². The number of hydrogen-bond donors (Lipinski definition) is 0. The summed E-state index contributed by atoms with van der Waals surface area (Å²) in [5.41, 5.74) is 3.44. The second-order valence-corrected chi connectivity index (χ2v) is 12.0. The van der Waals surface area contributed by atoms with Crippen LogP contribution in [0.4, 0.5) is 0 Å². The molecule has 2 aromatic carbocycles. The molecule has 0 aliphatic rings. The topological polar surface area (TPSA) is 52.6 Å². The summed E-state index contributed by atoms with van der Waals surface area (Å²) in [4.78, 5) is 27.0. The van der Waals surface area contributed by atoms with Crippen LogP contribution in [-0.4, -0.2) is 11.9 Å². The molecular formula is C30H36O4S. The van der Waals surface area contributed by atoms with Crippen molar-refractivity contribution in [3.05, 3.63) is 92.7 Å². The molecule has 0 bridgehead atoms. The molecule has 5 heteroatoms. The molecule has 0 saturated carbocycles. The van der Waals surface area contributed by atoms with E-state index in [0.717, 1.165) is 27.1 Å². The summed E-state index contributed by atoms with van der Waals surface area (Å²) in [5, 5.41) is 1.97. The Labute approximate surface area is 213 Å². The van der Waals surface area contributed by atoms with Crippen LogP contribution in [0.3, 0.4) is 0 Å². The summed E-state index contributed by atoms with van der Waals surface area (Å²) in [6.07, 6.45) is -1.26. The van der Waals surface area contributed by atoms with Crippen LogP contribution < -0.4 is 0 Å². The van der Waals surface area contributed by atoms with Crippen LogP contribution in [0.2, 0.25) is 0 Å². The maximum atomic E-state index is 13.1. The number of carbonyl (C=O) groups is 2. The molecule has 0 amide bonds. The highest BCUT2D eigenvalue weighted by molar-refractivity contribution is 7.10. The highest BCUT2D eigenvalue weighted by atomic mass is 32.1. The van der Waals surface area contributed by atoms with E-state index in [1.54, 1.807) is 0 Å². The van der Waals surface area contributed by atoms with Crippen molar-refractivity contribution in [2.75, 3.05) is 0 Å². The summed E-state index contributed by atoms with van der Waals surface area (Å²) >= 11 is 1.53. The molecule has 1 aromatic heterocycles. The lowest BCUT2D eigenvalue weighted by Crippen LogP contribution is -2.27. The Hall–Kier alpha value is -2.92. The lowest BCUT2D eigenvalue weighted by atomic mass is 9.90. The average molecular weight is 493 g/mol. The molecule has 4 nitrogen and oxygen atoms in total. The van der Waals surface area contributed by atoms with Crippen molar-refractivity contribution in [3.8, 4) is 0 Å². The summed E-state index contributed by atoms with van der Waals surface area (Å²) < 4.78 is 12.3. The molecule has 3 rings (SSSR count). The summed E-state index contributed by atoms with van der Waals surface area (Å²) in [5.74, 6) is -0.588. The van der Waals surface area contributed by atoms with E-state index >= 15 is 0 Å². The third-order valence-electron chi connectivity index (χ3n) is 5.87. The van der Waals surface area contributed by atoms with Crippen LogP contribution in [0, 0.1) is 24.7 Å². The minimum absolute atomic E-state index is 0.292. The first-order chi connectivity index (χ1) is 16.3. The van der Waals surface area contributed by atoms with Gasteiger partial charge in [-0.25, -0.2) is 0 Å². The Morgan fingerprint density at radius 2 is 1.26 bits per heavy atom. The van der Waals surface area contributed by atoms with Crippen LogP contribution in [0.1, 0.15) is 86.4 Å². The first-order valence-corrected chi connectivity index (χ1v) is 12.8. The normalized spacial score (nSPS) is 13.7. The van der Waals surface area contributed by atoms with Crippen molar-refractivity contribution in [2.24, 2.45) is 10.8 Å². The van der Waals surface area contributed by atoms with Gasteiger partial charge >= 0.3 is 11.9 Å². The summed E-state index contributed by atoms with van der Waals surface area (Å²) in [7, 11) is 0. The van der Waals surface area contributed by atoms with Gasteiger partial charge in [-0.15, -0.1) is 11.3 Å². The van der Waals surface area contributed by atoms with E-state index in [4.69, 9.17) is 9.47 Å². The van der Waals surface area contributed by atoms with E-state index in [1.807, 2.05) is 102 Å².